The molecule has 5 aromatic carbocycles. The predicted molar refractivity (Wildman–Crippen MR) is 207 cm³/mol. The Kier molecular flexibility index (Phi) is 8.43. The van der Waals surface area contributed by atoms with Crippen molar-refractivity contribution >= 4 is 42.9 Å². The maximum Gasteiger partial charge on any atom is 0.149 e. The van der Waals surface area contributed by atoms with Gasteiger partial charge in [0.2, 0.25) is 0 Å². The fourth-order valence-corrected chi connectivity index (χ4v) is 7.68. The quantitative estimate of drug-likeness (QED) is 0.126. The summed E-state index contributed by atoms with van der Waals surface area (Å²) in [6, 6.07) is 38.8. The van der Waals surface area contributed by atoms with Crippen LogP contribution in [0.15, 0.2) is 157 Å². The maximum absolute atomic E-state index is 6.82. The average molecular weight is 643 g/mol. The summed E-state index contributed by atoms with van der Waals surface area (Å²) in [4.78, 5) is 4.53. The number of rotatable bonds is 9. The van der Waals surface area contributed by atoms with Crippen molar-refractivity contribution in [2.75, 3.05) is 7.05 Å². The predicted octanol–water partition coefficient (Wildman–Crippen LogP) is 11.7. The van der Waals surface area contributed by atoms with Gasteiger partial charge >= 0.3 is 0 Å². The lowest BCUT2D eigenvalue weighted by Crippen LogP contribution is -2.24. The molecule has 0 saturated heterocycles. The van der Waals surface area contributed by atoms with Crippen molar-refractivity contribution in [1.82, 2.24) is 5.32 Å². The largest absolute Gasteiger partial charge is 0.455 e. The third-order valence-electron chi connectivity index (χ3n) is 9.18. The van der Waals surface area contributed by atoms with Gasteiger partial charge in [0.1, 0.15) is 11.5 Å². The molecule has 0 unspecified atom stereocenters. The molecular weight excluding hydrogens is 605 g/mol. The number of allylic oxidation sites excluding steroid dienone is 5. The van der Waals surface area contributed by atoms with Crippen LogP contribution in [-0.2, 0) is 12.0 Å². The molecule has 236 valence electrons. The van der Waals surface area contributed by atoms with E-state index in [2.05, 4.69) is 147 Å². The van der Waals surface area contributed by atoms with Crippen LogP contribution >= 0.6 is 11.3 Å². The number of nitrogens with one attached hydrogen (secondary N) is 1. The second kappa shape index (κ2) is 13.0. The molecule has 0 fully saturated rings. The van der Waals surface area contributed by atoms with Gasteiger partial charge in [0.25, 0.3) is 0 Å². The highest BCUT2D eigenvalue weighted by atomic mass is 32.1. The second-order valence-electron chi connectivity index (χ2n) is 12.6. The van der Waals surface area contributed by atoms with Crippen LogP contribution in [0.2, 0.25) is 0 Å². The number of hydrogen-bond donors (Lipinski definition) is 1. The van der Waals surface area contributed by atoms with Crippen LogP contribution in [0.1, 0.15) is 36.1 Å². The van der Waals surface area contributed by atoms with E-state index in [-0.39, 0.29) is 5.41 Å². The van der Waals surface area contributed by atoms with Gasteiger partial charge in [-0.1, -0.05) is 142 Å². The molecule has 1 aliphatic heterocycles. The van der Waals surface area contributed by atoms with E-state index >= 15 is 0 Å². The Bertz CT molecular complexity index is 2270. The Hall–Kier alpha value is -5.45. The molecule has 0 radical (unpaired) electrons. The molecule has 0 bridgehead atoms. The lowest BCUT2D eigenvalue weighted by Gasteiger charge is -2.35. The van der Waals surface area contributed by atoms with E-state index in [0.717, 1.165) is 45.2 Å². The lowest BCUT2D eigenvalue weighted by atomic mass is 9.75. The molecule has 1 aromatic heterocycles. The van der Waals surface area contributed by atoms with Crippen LogP contribution < -0.4 is 10.1 Å². The second-order valence-corrected chi connectivity index (χ2v) is 13.6. The number of ether oxygens (including phenoxy) is 1. The summed E-state index contributed by atoms with van der Waals surface area (Å²) in [6.45, 7) is 13.3. The van der Waals surface area contributed by atoms with E-state index in [4.69, 9.17) is 4.74 Å². The number of aliphatic imine (C=N–C) groups is 1. The van der Waals surface area contributed by atoms with Gasteiger partial charge in [0, 0.05) is 51.3 Å². The molecular formula is C44H38N2OS. The molecule has 0 atom stereocenters. The zero-order valence-electron chi connectivity index (χ0n) is 27.6. The summed E-state index contributed by atoms with van der Waals surface area (Å²) >= 11 is 1.81. The molecule has 1 aliphatic rings. The molecule has 0 saturated carbocycles. The van der Waals surface area contributed by atoms with Gasteiger partial charge in [-0.05, 0) is 46.0 Å². The van der Waals surface area contributed by atoms with Crippen LogP contribution in [0.3, 0.4) is 0 Å². The lowest BCUT2D eigenvalue weighted by molar-refractivity contribution is 0.424. The van der Waals surface area contributed by atoms with E-state index in [1.807, 2.05) is 29.6 Å². The fraction of sp³-hybridized carbons (Fsp3) is 0.114. The first-order valence-corrected chi connectivity index (χ1v) is 17.0. The Morgan fingerprint density at radius 1 is 0.854 bits per heavy atom. The summed E-state index contributed by atoms with van der Waals surface area (Å²) < 4.78 is 9.31. The summed E-state index contributed by atoms with van der Waals surface area (Å²) in [5.74, 6) is 1.90. The summed E-state index contributed by atoms with van der Waals surface area (Å²) in [5.41, 5.74) is 9.33. The third kappa shape index (κ3) is 5.80. The van der Waals surface area contributed by atoms with Crippen molar-refractivity contribution in [2.24, 2.45) is 4.99 Å². The number of fused-ring (bicyclic) bond motifs is 6. The van der Waals surface area contributed by atoms with Crippen molar-refractivity contribution in [3.8, 4) is 22.6 Å². The molecule has 0 spiro atoms. The molecule has 0 amide bonds. The van der Waals surface area contributed by atoms with Gasteiger partial charge in [-0.2, -0.15) is 0 Å². The molecule has 7 rings (SSSR count). The average Bonchev–Trinajstić information content (AvgIpc) is 3.50. The zero-order chi connectivity index (χ0) is 33.3. The van der Waals surface area contributed by atoms with Crippen LogP contribution in [-0.4, -0.2) is 12.8 Å². The highest BCUT2D eigenvalue weighted by Gasteiger charge is 2.36. The minimum Gasteiger partial charge on any atom is -0.455 e. The van der Waals surface area contributed by atoms with E-state index in [9.17, 15) is 0 Å². The van der Waals surface area contributed by atoms with Gasteiger partial charge in [-0.25, -0.2) is 0 Å². The fourth-order valence-electron chi connectivity index (χ4n) is 6.49. The topological polar surface area (TPSA) is 33.6 Å². The molecule has 3 nitrogen and oxygen atoms in total. The van der Waals surface area contributed by atoms with Crippen molar-refractivity contribution < 1.29 is 4.74 Å². The van der Waals surface area contributed by atoms with Crippen molar-refractivity contribution in [3.63, 3.8) is 0 Å². The number of nitrogens with zero attached hydrogens (tertiary/aromatic N) is 1. The van der Waals surface area contributed by atoms with E-state index < -0.39 is 0 Å². The van der Waals surface area contributed by atoms with Crippen LogP contribution in [0, 0.1) is 0 Å². The van der Waals surface area contributed by atoms with Crippen molar-refractivity contribution in [3.05, 3.63) is 174 Å². The Labute approximate surface area is 287 Å². The Morgan fingerprint density at radius 3 is 2.35 bits per heavy atom. The standard InChI is InChI=1S/C44H38N2OS/c1-6-7-13-29(2)38(45-5)27-39(46-28-30-14-9-8-10-15-30)32-20-18-31(19-21-32)33-22-24-36-40(26-33)47-42-37(44(36,3)4)25-23-35-34-16-11-12-17-41(34)48-43(35)42/h6-27,46H,1-2,28H2,3-5H3/b13-7-,39-27?,45-38?. The Balaban J connectivity index is 1.22. The van der Waals surface area contributed by atoms with Gasteiger partial charge < -0.3 is 10.1 Å². The molecule has 1 N–H and O–H groups in total. The minimum atomic E-state index is -0.191. The third-order valence-corrected chi connectivity index (χ3v) is 10.4. The summed E-state index contributed by atoms with van der Waals surface area (Å²) in [6.07, 6.45) is 7.61. The van der Waals surface area contributed by atoms with E-state index in [1.165, 1.54) is 36.9 Å². The minimum absolute atomic E-state index is 0.191. The first kappa shape index (κ1) is 31.2. The van der Waals surface area contributed by atoms with Crippen molar-refractivity contribution in [2.45, 2.75) is 25.8 Å². The Morgan fingerprint density at radius 2 is 1.58 bits per heavy atom. The number of thiophene rings is 1. The maximum atomic E-state index is 6.82. The first-order valence-electron chi connectivity index (χ1n) is 16.2. The van der Waals surface area contributed by atoms with Gasteiger partial charge in [-0.15, -0.1) is 11.3 Å². The van der Waals surface area contributed by atoms with E-state index in [1.54, 1.807) is 13.1 Å². The summed E-state index contributed by atoms with van der Waals surface area (Å²) in [5, 5.41) is 6.18. The molecule has 48 heavy (non-hydrogen) atoms. The molecule has 0 aliphatic carbocycles. The van der Waals surface area contributed by atoms with Gasteiger partial charge in [0.05, 0.1) is 10.4 Å². The smallest absolute Gasteiger partial charge is 0.149 e. The van der Waals surface area contributed by atoms with Crippen LogP contribution in [0.5, 0.6) is 11.5 Å². The highest BCUT2D eigenvalue weighted by Crippen LogP contribution is 2.53. The van der Waals surface area contributed by atoms with Crippen LogP contribution in [0.4, 0.5) is 0 Å². The molecule has 6 aromatic rings. The number of benzene rings is 5. The molecule has 2 heterocycles. The number of hydrogen-bond acceptors (Lipinski definition) is 4. The first-order chi connectivity index (χ1) is 23.4. The van der Waals surface area contributed by atoms with E-state index in [0.29, 0.717) is 6.54 Å². The van der Waals surface area contributed by atoms with Crippen LogP contribution in [0.25, 0.3) is 37.0 Å². The normalized spacial score (nSPS) is 14.1. The highest BCUT2D eigenvalue weighted by molar-refractivity contribution is 7.26. The van der Waals surface area contributed by atoms with Gasteiger partial charge in [0.15, 0.2) is 0 Å². The molecule has 4 heteroatoms. The SMILES string of the molecule is C=C/C=C\C(=C)C(C=C(NCc1ccccc1)c1ccc(-c2ccc3c(c2)Oc2c(ccc4c2sc2ccccc24)C3(C)C)cc1)=NC. The zero-order valence-corrected chi connectivity index (χ0v) is 28.4. The van der Waals surface area contributed by atoms with Gasteiger partial charge in [-0.3, -0.25) is 4.99 Å². The van der Waals surface area contributed by atoms with Crippen molar-refractivity contribution in [1.29, 1.82) is 0 Å². The monoisotopic (exact) mass is 642 g/mol. The summed E-state index contributed by atoms with van der Waals surface area (Å²) in [7, 11) is 1.79.